The molecule has 0 radical (unpaired) electrons. The van der Waals surface area contributed by atoms with Gasteiger partial charge in [0.05, 0.1) is 23.3 Å². The van der Waals surface area contributed by atoms with Crippen molar-refractivity contribution >= 4 is 0 Å². The van der Waals surface area contributed by atoms with Gasteiger partial charge in [-0.15, -0.1) is 6.58 Å². The summed E-state index contributed by atoms with van der Waals surface area (Å²) in [6.45, 7) is 21.6. The van der Waals surface area contributed by atoms with E-state index in [0.717, 1.165) is 78.1 Å². The molecule has 0 spiro atoms. The summed E-state index contributed by atoms with van der Waals surface area (Å²) in [5.74, 6) is 2.77. The zero-order chi connectivity index (χ0) is 31.1. The molecule has 0 aliphatic carbocycles. The van der Waals surface area contributed by atoms with Crippen molar-refractivity contribution in [2.75, 3.05) is 0 Å². The van der Waals surface area contributed by atoms with Gasteiger partial charge in [-0.3, -0.25) is 4.98 Å². The average molecular weight is 579 g/mol. The van der Waals surface area contributed by atoms with Crippen LogP contribution in [0, 0.1) is 32.6 Å². The first-order valence-electron chi connectivity index (χ1n) is 15.9. The quantitative estimate of drug-likeness (QED) is 0.201. The van der Waals surface area contributed by atoms with E-state index in [1.54, 1.807) is 0 Å². The number of hydrogen-bond donors (Lipinski definition) is 0. The number of nitrogens with zero attached hydrogens (tertiary/aromatic N) is 2. The van der Waals surface area contributed by atoms with Gasteiger partial charge in [0.15, 0.2) is 0 Å². The molecular formula is C39H50N2O2. The van der Waals surface area contributed by atoms with Crippen LogP contribution < -0.4 is 0 Å². The smallest absolute Gasteiger partial charge is 0.280 e. The predicted octanol–water partition coefficient (Wildman–Crippen LogP) is 10.4. The Morgan fingerprint density at radius 1 is 1.00 bits per heavy atom. The number of ether oxygens (including phenoxy) is 2. The molecule has 1 unspecified atom stereocenters. The zero-order valence-corrected chi connectivity index (χ0v) is 27.6. The Morgan fingerprint density at radius 3 is 2.42 bits per heavy atom. The minimum Gasteiger partial charge on any atom is -0.458 e. The average Bonchev–Trinajstić information content (AvgIpc) is 2.91. The Balaban J connectivity index is 1.61. The van der Waals surface area contributed by atoms with Crippen LogP contribution >= 0.6 is 0 Å². The van der Waals surface area contributed by atoms with E-state index in [1.165, 1.54) is 22.3 Å². The van der Waals surface area contributed by atoms with Crippen molar-refractivity contribution in [3.63, 3.8) is 0 Å². The molecule has 1 atom stereocenters. The monoisotopic (exact) mass is 578 g/mol. The molecule has 1 aromatic heterocycles. The fraction of sp³-hybridized carbons (Fsp3) is 0.436. The van der Waals surface area contributed by atoms with Crippen molar-refractivity contribution < 1.29 is 9.47 Å². The predicted molar refractivity (Wildman–Crippen MR) is 180 cm³/mol. The molecule has 4 heteroatoms. The Bertz CT molecular complexity index is 1470. The van der Waals surface area contributed by atoms with Gasteiger partial charge in [-0.25, -0.2) is 4.98 Å². The summed E-state index contributed by atoms with van der Waals surface area (Å²) in [6, 6.07) is 13.2. The second-order valence-corrected chi connectivity index (χ2v) is 13.2. The molecule has 0 fully saturated rings. The fourth-order valence-electron chi connectivity index (χ4n) is 5.76. The van der Waals surface area contributed by atoms with Gasteiger partial charge in [-0.1, -0.05) is 63.1 Å². The molecule has 2 heterocycles. The van der Waals surface area contributed by atoms with Gasteiger partial charge in [-0.05, 0) is 113 Å². The Labute approximate surface area is 260 Å². The van der Waals surface area contributed by atoms with Crippen LogP contribution in [-0.4, -0.2) is 16.1 Å². The van der Waals surface area contributed by atoms with Gasteiger partial charge in [0.2, 0.25) is 0 Å². The van der Waals surface area contributed by atoms with Gasteiger partial charge < -0.3 is 9.47 Å². The number of benzene rings is 2. The molecule has 228 valence electrons. The highest BCUT2D eigenvalue weighted by atomic mass is 16.7. The highest BCUT2D eigenvalue weighted by molar-refractivity contribution is 5.71. The molecule has 3 aromatic rings. The molecule has 0 saturated heterocycles. The van der Waals surface area contributed by atoms with Crippen LogP contribution in [0.15, 0.2) is 78.6 Å². The third-order valence-corrected chi connectivity index (χ3v) is 7.71. The SMILES string of the molecule is C=C(C)CCc1ncc(-c2c(C)cccc2C)nc1-c1cc(C)cc(CC/C=C2\OC(CC(C)C)=CC(CC(C)C)O2)c1. The number of rotatable bonds is 12. The van der Waals surface area contributed by atoms with Crippen molar-refractivity contribution in [2.45, 2.75) is 100 Å². The van der Waals surface area contributed by atoms with Gasteiger partial charge in [0.1, 0.15) is 11.9 Å². The molecule has 2 aromatic carbocycles. The summed E-state index contributed by atoms with van der Waals surface area (Å²) in [4.78, 5) is 10.2. The van der Waals surface area contributed by atoms with E-state index < -0.39 is 0 Å². The standard InChI is InChI=1S/C39H50N2O2/c1-25(2)16-17-35-39(41-36(24-40-35)38-29(8)12-10-13-30(38)9)32-21-28(7)20-31(22-32)14-11-15-37-42-33(18-26(3)4)23-34(43-37)19-27(5)6/h10,12-13,15,20-24,26-27,33H,1,11,14,16-19H2,2-9H3/b37-15-. The van der Waals surface area contributed by atoms with Crippen molar-refractivity contribution in [3.05, 3.63) is 107 Å². The summed E-state index contributed by atoms with van der Waals surface area (Å²) < 4.78 is 12.4. The Kier molecular flexibility index (Phi) is 11.0. The second kappa shape index (κ2) is 14.7. The van der Waals surface area contributed by atoms with E-state index in [1.807, 2.05) is 6.20 Å². The highest BCUT2D eigenvalue weighted by Gasteiger charge is 2.21. The maximum Gasteiger partial charge on any atom is 0.280 e. The maximum absolute atomic E-state index is 6.24. The van der Waals surface area contributed by atoms with Gasteiger partial charge in [0, 0.05) is 17.5 Å². The van der Waals surface area contributed by atoms with Crippen LogP contribution in [-0.2, 0) is 22.3 Å². The van der Waals surface area contributed by atoms with E-state index >= 15 is 0 Å². The zero-order valence-electron chi connectivity index (χ0n) is 27.6. The van der Waals surface area contributed by atoms with Crippen molar-refractivity contribution in [1.82, 2.24) is 9.97 Å². The fourth-order valence-corrected chi connectivity index (χ4v) is 5.76. The lowest BCUT2D eigenvalue weighted by Crippen LogP contribution is -2.20. The first kappa shape index (κ1) is 32.3. The second-order valence-electron chi connectivity index (χ2n) is 13.2. The van der Waals surface area contributed by atoms with Crippen LogP contribution in [0.3, 0.4) is 0 Å². The molecule has 4 rings (SSSR count). The third-order valence-electron chi connectivity index (χ3n) is 7.71. The number of aryl methyl sites for hydroxylation is 5. The minimum atomic E-state index is 0.0692. The summed E-state index contributed by atoms with van der Waals surface area (Å²) >= 11 is 0. The largest absolute Gasteiger partial charge is 0.458 e. The van der Waals surface area contributed by atoms with Crippen molar-refractivity contribution in [3.8, 4) is 22.5 Å². The number of allylic oxidation sites excluding steroid dienone is 3. The molecule has 4 nitrogen and oxygen atoms in total. The summed E-state index contributed by atoms with van der Waals surface area (Å²) in [6.07, 6.45) is 11.6. The summed E-state index contributed by atoms with van der Waals surface area (Å²) in [7, 11) is 0. The van der Waals surface area contributed by atoms with Gasteiger partial charge in [0.25, 0.3) is 5.95 Å². The first-order valence-corrected chi connectivity index (χ1v) is 15.9. The van der Waals surface area contributed by atoms with Crippen LogP contribution in [0.1, 0.15) is 88.2 Å². The van der Waals surface area contributed by atoms with Crippen LogP contribution in [0.2, 0.25) is 0 Å². The van der Waals surface area contributed by atoms with E-state index in [9.17, 15) is 0 Å². The molecule has 0 N–H and O–H groups in total. The number of aromatic nitrogens is 2. The van der Waals surface area contributed by atoms with Gasteiger partial charge >= 0.3 is 0 Å². The number of hydrogen-bond acceptors (Lipinski definition) is 4. The lowest BCUT2D eigenvalue weighted by molar-refractivity contribution is 0.00110. The maximum atomic E-state index is 6.24. The van der Waals surface area contributed by atoms with E-state index in [4.69, 9.17) is 19.4 Å². The highest BCUT2D eigenvalue weighted by Crippen LogP contribution is 2.32. The molecule has 0 saturated carbocycles. The minimum absolute atomic E-state index is 0.0692. The Morgan fingerprint density at radius 2 is 1.74 bits per heavy atom. The Hall–Kier alpha value is -3.66. The molecule has 1 aliphatic heterocycles. The lowest BCUT2D eigenvalue weighted by Gasteiger charge is -2.27. The van der Waals surface area contributed by atoms with Gasteiger partial charge in [-0.2, -0.15) is 0 Å². The van der Waals surface area contributed by atoms with E-state index in [0.29, 0.717) is 17.8 Å². The van der Waals surface area contributed by atoms with Crippen molar-refractivity contribution in [2.24, 2.45) is 11.8 Å². The summed E-state index contributed by atoms with van der Waals surface area (Å²) in [5.41, 5.74) is 11.2. The molecule has 0 bridgehead atoms. The normalized spacial score (nSPS) is 15.9. The van der Waals surface area contributed by atoms with Crippen molar-refractivity contribution in [1.29, 1.82) is 0 Å². The van der Waals surface area contributed by atoms with E-state index in [2.05, 4.69) is 111 Å². The molecule has 1 aliphatic rings. The lowest BCUT2D eigenvalue weighted by atomic mass is 9.97. The third kappa shape index (κ3) is 9.16. The van der Waals surface area contributed by atoms with Crippen LogP contribution in [0.5, 0.6) is 0 Å². The van der Waals surface area contributed by atoms with Crippen LogP contribution in [0.4, 0.5) is 0 Å². The molecular weight excluding hydrogens is 528 g/mol. The first-order chi connectivity index (χ1) is 20.5. The molecule has 43 heavy (non-hydrogen) atoms. The van der Waals surface area contributed by atoms with Crippen LogP contribution in [0.25, 0.3) is 22.5 Å². The van der Waals surface area contributed by atoms with E-state index in [-0.39, 0.29) is 6.10 Å². The molecule has 0 amide bonds. The summed E-state index contributed by atoms with van der Waals surface area (Å²) in [5, 5.41) is 0. The topological polar surface area (TPSA) is 44.2 Å².